The van der Waals surface area contributed by atoms with Crippen molar-refractivity contribution in [2.45, 2.75) is 59.4 Å². The lowest BCUT2D eigenvalue weighted by Crippen LogP contribution is -2.22. The van der Waals surface area contributed by atoms with Crippen LogP contribution in [0.1, 0.15) is 64.1 Å². The summed E-state index contributed by atoms with van der Waals surface area (Å²) in [6.45, 7) is 10.1. The fourth-order valence-corrected chi connectivity index (χ4v) is 2.36. The van der Waals surface area contributed by atoms with Crippen molar-refractivity contribution >= 4 is 0 Å². The zero-order chi connectivity index (χ0) is 13.4. The second-order valence-electron chi connectivity index (χ2n) is 5.35. The largest absolute Gasteiger partial charge is 0.310 e. The van der Waals surface area contributed by atoms with Crippen LogP contribution in [0, 0.1) is 5.92 Å². The molecule has 0 heterocycles. The summed E-state index contributed by atoms with van der Waals surface area (Å²) in [5.74, 6) is 0.782. The predicted octanol–water partition coefficient (Wildman–Crippen LogP) is 4.73. The van der Waals surface area contributed by atoms with E-state index < -0.39 is 0 Å². The first-order valence-electron chi connectivity index (χ1n) is 7.53. The third-order valence-corrected chi connectivity index (χ3v) is 3.71. The molecule has 0 aliphatic rings. The molecule has 18 heavy (non-hydrogen) atoms. The summed E-state index contributed by atoms with van der Waals surface area (Å²) in [4.78, 5) is 0. The first-order chi connectivity index (χ1) is 8.71. The molecule has 1 aromatic rings. The molecule has 1 rings (SSSR count). The minimum Gasteiger partial charge on any atom is -0.310 e. The average molecular weight is 247 g/mol. The van der Waals surface area contributed by atoms with Crippen molar-refractivity contribution in [3.8, 4) is 0 Å². The Bertz CT molecular complexity index is 315. The van der Waals surface area contributed by atoms with Gasteiger partial charge in [-0.1, -0.05) is 64.8 Å². The summed E-state index contributed by atoms with van der Waals surface area (Å²) < 4.78 is 0. The highest BCUT2D eigenvalue weighted by Crippen LogP contribution is 2.23. The van der Waals surface area contributed by atoms with Gasteiger partial charge in [0.05, 0.1) is 0 Å². The zero-order valence-corrected chi connectivity index (χ0v) is 12.5. The normalized spacial score (nSPS) is 14.4. The van der Waals surface area contributed by atoms with Gasteiger partial charge in [0.2, 0.25) is 0 Å². The number of nitrogens with one attached hydrogen (secondary N) is 1. The number of benzene rings is 1. The van der Waals surface area contributed by atoms with Crippen molar-refractivity contribution in [2.75, 3.05) is 6.54 Å². The Hall–Kier alpha value is -0.820. The Morgan fingerprint density at radius 2 is 1.72 bits per heavy atom. The molecule has 1 nitrogen and oxygen atoms in total. The van der Waals surface area contributed by atoms with Crippen molar-refractivity contribution < 1.29 is 0 Å². The summed E-state index contributed by atoms with van der Waals surface area (Å²) in [7, 11) is 0. The van der Waals surface area contributed by atoms with Gasteiger partial charge in [0, 0.05) is 6.04 Å². The zero-order valence-electron chi connectivity index (χ0n) is 12.5. The predicted molar refractivity (Wildman–Crippen MR) is 80.9 cm³/mol. The number of rotatable bonds is 8. The average Bonchev–Trinajstić information content (AvgIpc) is 2.39. The molecular formula is C17H29N. The van der Waals surface area contributed by atoms with Crippen molar-refractivity contribution in [2.24, 2.45) is 5.92 Å². The van der Waals surface area contributed by atoms with E-state index in [0.717, 1.165) is 12.5 Å². The van der Waals surface area contributed by atoms with Crippen molar-refractivity contribution in [1.82, 2.24) is 5.32 Å². The van der Waals surface area contributed by atoms with Gasteiger partial charge in [-0.15, -0.1) is 0 Å². The third-order valence-electron chi connectivity index (χ3n) is 3.71. The van der Waals surface area contributed by atoms with Crippen molar-refractivity contribution in [1.29, 1.82) is 0 Å². The molecule has 0 aliphatic heterocycles. The molecule has 0 fully saturated rings. The molecule has 0 aliphatic carbocycles. The highest BCUT2D eigenvalue weighted by molar-refractivity contribution is 5.25. The van der Waals surface area contributed by atoms with E-state index in [4.69, 9.17) is 0 Å². The minimum atomic E-state index is 0.514. The van der Waals surface area contributed by atoms with Crippen LogP contribution in [0.5, 0.6) is 0 Å². The maximum Gasteiger partial charge on any atom is 0.0322 e. The van der Waals surface area contributed by atoms with E-state index in [1.807, 2.05) is 0 Å². The van der Waals surface area contributed by atoms with Gasteiger partial charge in [-0.2, -0.15) is 0 Å². The Labute approximate surface area is 113 Å². The third kappa shape index (κ3) is 4.81. The summed E-state index contributed by atoms with van der Waals surface area (Å²) in [5, 5.41) is 3.62. The number of hydrogen-bond acceptors (Lipinski definition) is 1. The molecule has 1 N–H and O–H groups in total. The van der Waals surface area contributed by atoms with E-state index in [1.54, 1.807) is 0 Å². The van der Waals surface area contributed by atoms with Crippen LogP contribution in [0.15, 0.2) is 24.3 Å². The molecule has 0 saturated carbocycles. The van der Waals surface area contributed by atoms with Crippen LogP contribution in [0.2, 0.25) is 0 Å². The van der Waals surface area contributed by atoms with Crippen LogP contribution in [-0.4, -0.2) is 6.54 Å². The molecule has 0 spiro atoms. The van der Waals surface area contributed by atoms with E-state index >= 15 is 0 Å². The lowest BCUT2D eigenvalue weighted by atomic mass is 9.93. The highest BCUT2D eigenvalue weighted by Gasteiger charge is 2.13. The van der Waals surface area contributed by atoms with E-state index in [1.165, 1.54) is 36.8 Å². The summed E-state index contributed by atoms with van der Waals surface area (Å²) >= 11 is 0. The molecule has 0 amide bonds. The van der Waals surface area contributed by atoms with Gasteiger partial charge < -0.3 is 5.32 Å². The summed E-state index contributed by atoms with van der Waals surface area (Å²) in [6, 6.07) is 9.71. The maximum absolute atomic E-state index is 3.62. The van der Waals surface area contributed by atoms with E-state index in [9.17, 15) is 0 Å². The summed E-state index contributed by atoms with van der Waals surface area (Å²) in [5.41, 5.74) is 2.90. The van der Waals surface area contributed by atoms with E-state index in [-0.39, 0.29) is 0 Å². The second kappa shape index (κ2) is 8.31. The minimum absolute atomic E-state index is 0.514. The van der Waals surface area contributed by atoms with Crippen molar-refractivity contribution in [3.63, 3.8) is 0 Å². The van der Waals surface area contributed by atoms with Gasteiger partial charge >= 0.3 is 0 Å². The Balaban J connectivity index is 2.71. The van der Waals surface area contributed by atoms with Crippen LogP contribution in [0.3, 0.4) is 0 Å². The van der Waals surface area contributed by atoms with Crippen LogP contribution in [-0.2, 0) is 6.42 Å². The Morgan fingerprint density at radius 3 is 2.22 bits per heavy atom. The molecule has 0 saturated heterocycles. The molecule has 0 bridgehead atoms. The fraction of sp³-hybridized carbons (Fsp3) is 0.647. The molecule has 2 atom stereocenters. The van der Waals surface area contributed by atoms with Gasteiger partial charge in [0.25, 0.3) is 0 Å². The highest BCUT2D eigenvalue weighted by atomic mass is 14.9. The van der Waals surface area contributed by atoms with E-state index in [0.29, 0.717) is 6.04 Å². The molecule has 2 unspecified atom stereocenters. The smallest absolute Gasteiger partial charge is 0.0322 e. The quantitative estimate of drug-likeness (QED) is 0.700. The lowest BCUT2D eigenvalue weighted by Gasteiger charge is -2.22. The van der Waals surface area contributed by atoms with Gasteiger partial charge in [0.15, 0.2) is 0 Å². The molecular weight excluding hydrogens is 218 g/mol. The van der Waals surface area contributed by atoms with Crippen LogP contribution in [0.4, 0.5) is 0 Å². The number of hydrogen-bond donors (Lipinski definition) is 1. The molecule has 102 valence electrons. The SMILES string of the molecule is CCCc1ccc(C(CC(C)CC)NCC)cc1. The van der Waals surface area contributed by atoms with E-state index in [2.05, 4.69) is 57.3 Å². The first-order valence-corrected chi connectivity index (χ1v) is 7.53. The van der Waals surface area contributed by atoms with Gasteiger partial charge in [-0.3, -0.25) is 0 Å². The topological polar surface area (TPSA) is 12.0 Å². The molecule has 0 aromatic heterocycles. The lowest BCUT2D eigenvalue weighted by molar-refractivity contribution is 0.408. The van der Waals surface area contributed by atoms with Gasteiger partial charge in [-0.25, -0.2) is 0 Å². The first kappa shape index (κ1) is 15.2. The van der Waals surface area contributed by atoms with Gasteiger partial charge in [-0.05, 0) is 36.4 Å². The Morgan fingerprint density at radius 1 is 1.06 bits per heavy atom. The standard InChI is InChI=1S/C17H29N/c1-5-8-15-9-11-16(12-10-15)17(18-7-3)13-14(4)6-2/h9-12,14,17-18H,5-8,13H2,1-4H3. The van der Waals surface area contributed by atoms with Crippen LogP contribution in [0.25, 0.3) is 0 Å². The monoisotopic (exact) mass is 247 g/mol. The fourth-order valence-electron chi connectivity index (χ4n) is 2.36. The molecule has 1 heteroatoms. The van der Waals surface area contributed by atoms with Crippen LogP contribution >= 0.6 is 0 Å². The van der Waals surface area contributed by atoms with Gasteiger partial charge in [0.1, 0.15) is 0 Å². The van der Waals surface area contributed by atoms with Crippen LogP contribution < -0.4 is 5.32 Å². The number of aryl methyl sites for hydroxylation is 1. The Kier molecular flexibility index (Phi) is 7.04. The van der Waals surface area contributed by atoms with Crippen molar-refractivity contribution in [3.05, 3.63) is 35.4 Å². The maximum atomic E-state index is 3.62. The molecule has 0 radical (unpaired) electrons. The summed E-state index contributed by atoms with van der Waals surface area (Å²) in [6.07, 6.45) is 4.91. The second-order valence-corrected chi connectivity index (χ2v) is 5.35. The molecule has 1 aromatic carbocycles.